The molecule has 1 fully saturated rings. The summed E-state index contributed by atoms with van der Waals surface area (Å²) in [5.74, 6) is 0.0155. The first kappa shape index (κ1) is 14.6. The third-order valence-corrected chi connectivity index (χ3v) is 4.17. The smallest absolute Gasteiger partial charge is 0.251 e. The van der Waals surface area contributed by atoms with Gasteiger partial charge in [0.1, 0.15) is 0 Å². The summed E-state index contributed by atoms with van der Waals surface area (Å²) in [7, 11) is 0. The van der Waals surface area contributed by atoms with Gasteiger partial charge in [-0.2, -0.15) is 0 Å². The number of hydrogen-bond acceptors (Lipinski definition) is 4. The molecule has 20 heavy (non-hydrogen) atoms. The summed E-state index contributed by atoms with van der Waals surface area (Å²) in [4.78, 5) is 34.1. The quantitative estimate of drug-likeness (QED) is 0.624. The normalized spacial score (nSPS) is 17.9. The second-order valence-electron chi connectivity index (χ2n) is 4.60. The molecule has 3 amide bonds. The fourth-order valence-corrected chi connectivity index (χ4v) is 2.82. The molecule has 0 aromatic heterocycles. The van der Waals surface area contributed by atoms with Crippen LogP contribution in [0.15, 0.2) is 24.3 Å². The van der Waals surface area contributed by atoms with Crippen LogP contribution in [0.4, 0.5) is 0 Å². The monoisotopic (exact) mass is 292 g/mol. The fraction of sp³-hybridized carbons (Fsp3) is 0.357. The van der Waals surface area contributed by atoms with Crippen LogP contribution < -0.4 is 10.6 Å². The SMILES string of the molecule is Cc1ccc(C(=O)NCCSC2CC(=O)NC2=O)cc1. The first-order valence-electron chi connectivity index (χ1n) is 6.36. The Bertz CT molecular complexity index is 528. The van der Waals surface area contributed by atoms with Gasteiger partial charge in [-0.15, -0.1) is 11.8 Å². The van der Waals surface area contributed by atoms with Crippen molar-refractivity contribution in [2.75, 3.05) is 12.3 Å². The van der Waals surface area contributed by atoms with Crippen LogP contribution in [0.1, 0.15) is 22.3 Å². The Labute approximate surface area is 121 Å². The number of benzene rings is 1. The first-order valence-corrected chi connectivity index (χ1v) is 7.41. The number of thioether (sulfide) groups is 1. The zero-order chi connectivity index (χ0) is 14.5. The van der Waals surface area contributed by atoms with Crippen molar-refractivity contribution in [3.63, 3.8) is 0 Å². The maximum Gasteiger partial charge on any atom is 0.251 e. The lowest BCUT2D eigenvalue weighted by molar-refractivity contribution is -0.124. The molecule has 1 aliphatic heterocycles. The van der Waals surface area contributed by atoms with Gasteiger partial charge in [0.25, 0.3) is 5.91 Å². The van der Waals surface area contributed by atoms with Gasteiger partial charge < -0.3 is 5.32 Å². The number of rotatable bonds is 5. The van der Waals surface area contributed by atoms with E-state index in [4.69, 9.17) is 0 Å². The Kier molecular flexibility index (Phi) is 4.79. The van der Waals surface area contributed by atoms with Crippen molar-refractivity contribution >= 4 is 29.5 Å². The molecule has 2 rings (SSSR count). The van der Waals surface area contributed by atoms with Crippen LogP contribution in [-0.4, -0.2) is 35.3 Å². The lowest BCUT2D eigenvalue weighted by Gasteiger charge is -2.07. The van der Waals surface area contributed by atoms with E-state index in [0.717, 1.165) is 5.56 Å². The molecule has 1 aromatic rings. The summed E-state index contributed by atoms with van der Waals surface area (Å²) in [5, 5.41) is 4.73. The highest BCUT2D eigenvalue weighted by atomic mass is 32.2. The summed E-state index contributed by atoms with van der Waals surface area (Å²) in [6.45, 7) is 2.43. The molecular weight excluding hydrogens is 276 g/mol. The molecule has 0 saturated carbocycles. The van der Waals surface area contributed by atoms with Gasteiger partial charge in [-0.3, -0.25) is 19.7 Å². The highest BCUT2D eigenvalue weighted by molar-refractivity contribution is 8.00. The van der Waals surface area contributed by atoms with E-state index in [0.29, 0.717) is 17.9 Å². The first-order chi connectivity index (χ1) is 9.56. The highest BCUT2D eigenvalue weighted by Gasteiger charge is 2.30. The Morgan fingerprint density at radius 3 is 2.65 bits per heavy atom. The van der Waals surface area contributed by atoms with Crippen LogP contribution in [0, 0.1) is 6.92 Å². The largest absolute Gasteiger partial charge is 0.351 e. The minimum absolute atomic E-state index is 0.127. The number of nitrogens with one attached hydrogen (secondary N) is 2. The number of carbonyl (C=O) groups is 3. The Balaban J connectivity index is 1.71. The standard InChI is InChI=1S/C14H16N2O3S/c1-9-2-4-10(5-3-9)13(18)15-6-7-20-11-8-12(17)16-14(11)19/h2-5,11H,6-8H2,1H3,(H,15,18)(H,16,17,19). The number of hydrogen-bond donors (Lipinski definition) is 2. The Hall–Kier alpha value is -1.82. The number of carbonyl (C=O) groups excluding carboxylic acids is 3. The molecule has 106 valence electrons. The van der Waals surface area contributed by atoms with Crippen molar-refractivity contribution in [3.8, 4) is 0 Å². The molecule has 1 aromatic carbocycles. The van der Waals surface area contributed by atoms with Gasteiger partial charge in [-0.25, -0.2) is 0 Å². The maximum atomic E-state index is 11.8. The van der Waals surface area contributed by atoms with E-state index < -0.39 is 0 Å². The summed E-state index contributed by atoms with van der Waals surface area (Å²) in [6.07, 6.45) is 0.232. The molecule has 1 heterocycles. The second-order valence-corrected chi connectivity index (χ2v) is 5.91. The van der Waals surface area contributed by atoms with Crippen molar-refractivity contribution < 1.29 is 14.4 Å². The molecule has 0 radical (unpaired) electrons. The van der Waals surface area contributed by atoms with Crippen LogP contribution in [0.3, 0.4) is 0 Å². The van der Waals surface area contributed by atoms with Crippen molar-refractivity contribution in [2.45, 2.75) is 18.6 Å². The molecule has 6 heteroatoms. The van der Waals surface area contributed by atoms with Crippen LogP contribution in [0.2, 0.25) is 0 Å². The zero-order valence-electron chi connectivity index (χ0n) is 11.1. The van der Waals surface area contributed by atoms with Crippen LogP contribution in [0.5, 0.6) is 0 Å². The second kappa shape index (κ2) is 6.56. The predicted octanol–water partition coefficient (Wildman–Crippen LogP) is 0.873. The average Bonchev–Trinajstić information content (AvgIpc) is 2.73. The molecule has 0 aliphatic carbocycles. The third-order valence-electron chi connectivity index (χ3n) is 2.95. The summed E-state index contributed by atoms with van der Waals surface area (Å²) in [6, 6.07) is 7.33. The van der Waals surface area contributed by atoms with E-state index in [1.54, 1.807) is 12.1 Å². The van der Waals surface area contributed by atoms with Crippen LogP contribution in [0.25, 0.3) is 0 Å². The lowest BCUT2D eigenvalue weighted by atomic mass is 10.1. The van der Waals surface area contributed by atoms with Crippen molar-refractivity contribution in [1.82, 2.24) is 10.6 Å². The Morgan fingerprint density at radius 2 is 2.05 bits per heavy atom. The van der Waals surface area contributed by atoms with Gasteiger partial charge in [0.05, 0.1) is 5.25 Å². The molecule has 0 bridgehead atoms. The lowest BCUT2D eigenvalue weighted by Crippen LogP contribution is -2.27. The van der Waals surface area contributed by atoms with Gasteiger partial charge in [0, 0.05) is 24.3 Å². The van der Waals surface area contributed by atoms with Crippen molar-refractivity contribution in [1.29, 1.82) is 0 Å². The minimum atomic E-state index is -0.321. The maximum absolute atomic E-state index is 11.8. The minimum Gasteiger partial charge on any atom is -0.351 e. The van der Waals surface area contributed by atoms with E-state index in [1.807, 2.05) is 19.1 Å². The third kappa shape index (κ3) is 3.84. The van der Waals surface area contributed by atoms with E-state index in [9.17, 15) is 14.4 Å². The number of aryl methyl sites for hydroxylation is 1. The molecule has 5 nitrogen and oxygen atoms in total. The number of amides is 3. The predicted molar refractivity (Wildman–Crippen MR) is 77.5 cm³/mol. The summed E-state index contributed by atoms with van der Waals surface area (Å²) >= 11 is 1.39. The van der Waals surface area contributed by atoms with E-state index in [-0.39, 0.29) is 29.4 Å². The van der Waals surface area contributed by atoms with Gasteiger partial charge in [0.2, 0.25) is 11.8 Å². The molecule has 1 unspecified atom stereocenters. The Morgan fingerprint density at radius 1 is 1.35 bits per heavy atom. The van der Waals surface area contributed by atoms with E-state index in [2.05, 4.69) is 10.6 Å². The summed E-state index contributed by atoms with van der Waals surface area (Å²) in [5.41, 5.74) is 1.73. The molecule has 1 saturated heterocycles. The summed E-state index contributed by atoms with van der Waals surface area (Å²) < 4.78 is 0. The van der Waals surface area contributed by atoms with Crippen molar-refractivity contribution in [2.24, 2.45) is 0 Å². The van der Waals surface area contributed by atoms with Gasteiger partial charge in [0.15, 0.2) is 0 Å². The van der Waals surface area contributed by atoms with Gasteiger partial charge >= 0.3 is 0 Å². The van der Waals surface area contributed by atoms with Crippen LogP contribution in [-0.2, 0) is 9.59 Å². The molecule has 2 N–H and O–H groups in total. The average molecular weight is 292 g/mol. The highest BCUT2D eigenvalue weighted by Crippen LogP contribution is 2.18. The fourth-order valence-electron chi connectivity index (χ4n) is 1.84. The zero-order valence-corrected chi connectivity index (χ0v) is 12.0. The topological polar surface area (TPSA) is 75.3 Å². The van der Waals surface area contributed by atoms with Gasteiger partial charge in [-0.05, 0) is 19.1 Å². The van der Waals surface area contributed by atoms with Crippen LogP contribution >= 0.6 is 11.8 Å². The van der Waals surface area contributed by atoms with E-state index >= 15 is 0 Å². The van der Waals surface area contributed by atoms with Crippen molar-refractivity contribution in [3.05, 3.63) is 35.4 Å². The molecule has 1 atom stereocenters. The molecular formula is C14H16N2O3S. The number of imide groups is 1. The molecule has 0 spiro atoms. The van der Waals surface area contributed by atoms with E-state index in [1.165, 1.54) is 11.8 Å². The van der Waals surface area contributed by atoms with Gasteiger partial charge in [-0.1, -0.05) is 17.7 Å². The molecule has 1 aliphatic rings.